The van der Waals surface area contributed by atoms with Gasteiger partial charge < -0.3 is 14.8 Å². The number of rotatable bonds is 4. The third kappa shape index (κ3) is 3.59. The molecule has 114 valence electrons. The molecule has 1 aliphatic rings. The Hall–Kier alpha value is -2.04. The highest BCUT2D eigenvalue weighted by molar-refractivity contribution is 6.31. The van der Waals surface area contributed by atoms with E-state index in [1.807, 2.05) is 30.3 Å². The zero-order valence-electron chi connectivity index (χ0n) is 11.9. The van der Waals surface area contributed by atoms with Crippen LogP contribution in [0.3, 0.4) is 0 Å². The number of hydrogen-bond donors (Lipinski definition) is 1. The molecule has 0 aromatic heterocycles. The van der Waals surface area contributed by atoms with E-state index in [1.54, 1.807) is 18.2 Å². The fraction of sp³-hybridized carbons (Fsp3) is 0.235. The van der Waals surface area contributed by atoms with E-state index in [9.17, 15) is 4.79 Å². The van der Waals surface area contributed by atoms with Gasteiger partial charge in [-0.15, -0.1) is 0 Å². The normalized spacial score (nSPS) is 17.2. The number of benzene rings is 2. The molecule has 1 amide bonds. The minimum absolute atomic E-state index is 0.0716. The molecular formula is C17H16ClNO3. The van der Waals surface area contributed by atoms with Gasteiger partial charge in [0.05, 0.1) is 18.2 Å². The van der Waals surface area contributed by atoms with E-state index in [-0.39, 0.29) is 11.8 Å². The number of ether oxygens (including phenoxy) is 2. The summed E-state index contributed by atoms with van der Waals surface area (Å²) in [7, 11) is 0. The number of nitrogens with one attached hydrogen (secondary N) is 1. The lowest BCUT2D eigenvalue weighted by Crippen LogP contribution is -2.23. The largest absolute Gasteiger partial charge is 0.455 e. The van der Waals surface area contributed by atoms with Gasteiger partial charge in [0.25, 0.3) is 0 Å². The first kappa shape index (κ1) is 14.9. The molecule has 4 nitrogen and oxygen atoms in total. The van der Waals surface area contributed by atoms with Gasteiger partial charge in [-0.25, -0.2) is 0 Å². The van der Waals surface area contributed by atoms with Crippen LogP contribution in [0.15, 0.2) is 48.5 Å². The predicted octanol–water partition coefficient (Wildman–Crippen LogP) is 4.11. The Bertz CT molecular complexity index is 654. The van der Waals surface area contributed by atoms with E-state index < -0.39 is 0 Å². The van der Waals surface area contributed by atoms with Crippen molar-refractivity contribution in [3.8, 4) is 11.5 Å². The number of para-hydroxylation sites is 1. The highest BCUT2D eigenvalue weighted by Gasteiger charge is 2.24. The fourth-order valence-electron chi connectivity index (χ4n) is 2.28. The number of amides is 1. The molecule has 1 N–H and O–H groups in total. The molecule has 0 radical (unpaired) electrons. The topological polar surface area (TPSA) is 47.6 Å². The second kappa shape index (κ2) is 6.81. The number of anilines is 1. The molecular weight excluding hydrogens is 302 g/mol. The summed E-state index contributed by atoms with van der Waals surface area (Å²) in [6.07, 6.45) is 0.737. The van der Waals surface area contributed by atoms with Gasteiger partial charge in [0.15, 0.2) is 5.75 Å². The van der Waals surface area contributed by atoms with Gasteiger partial charge in [-0.05, 0) is 36.8 Å². The molecule has 1 heterocycles. The fourth-order valence-corrected chi connectivity index (χ4v) is 2.45. The maximum absolute atomic E-state index is 12.2. The van der Waals surface area contributed by atoms with Crippen molar-refractivity contribution in [3.05, 3.63) is 53.6 Å². The van der Waals surface area contributed by atoms with Gasteiger partial charge in [-0.2, -0.15) is 0 Å². The summed E-state index contributed by atoms with van der Waals surface area (Å²) >= 11 is 6.03. The van der Waals surface area contributed by atoms with Gasteiger partial charge in [0.2, 0.25) is 5.91 Å². The van der Waals surface area contributed by atoms with Crippen LogP contribution in [0.25, 0.3) is 0 Å². The highest BCUT2D eigenvalue weighted by Crippen LogP contribution is 2.32. The molecule has 0 bridgehead atoms. The lowest BCUT2D eigenvalue weighted by molar-refractivity contribution is -0.119. The monoisotopic (exact) mass is 317 g/mol. The molecule has 0 spiro atoms. The average Bonchev–Trinajstić information content (AvgIpc) is 3.05. The van der Waals surface area contributed by atoms with E-state index in [0.717, 1.165) is 6.42 Å². The molecule has 1 fully saturated rings. The van der Waals surface area contributed by atoms with E-state index in [4.69, 9.17) is 21.1 Å². The molecule has 5 heteroatoms. The standard InChI is InChI=1S/C17H16ClNO3/c18-13-6-7-16(22-14-4-2-1-3-5-14)15(10-13)19-17(20)12-8-9-21-11-12/h1-7,10,12H,8-9,11H2,(H,19,20). The molecule has 1 aliphatic heterocycles. The number of carbonyl (C=O) groups is 1. The first-order chi connectivity index (χ1) is 10.7. The number of carbonyl (C=O) groups excluding carboxylic acids is 1. The Kier molecular flexibility index (Phi) is 4.61. The minimum atomic E-state index is -0.122. The maximum atomic E-state index is 12.2. The summed E-state index contributed by atoms with van der Waals surface area (Å²) in [5, 5.41) is 3.43. The van der Waals surface area contributed by atoms with Crippen molar-refractivity contribution >= 4 is 23.2 Å². The number of hydrogen-bond acceptors (Lipinski definition) is 3. The van der Waals surface area contributed by atoms with Crippen LogP contribution in [0.5, 0.6) is 11.5 Å². The molecule has 2 aromatic rings. The van der Waals surface area contributed by atoms with Gasteiger partial charge >= 0.3 is 0 Å². The van der Waals surface area contributed by atoms with Crippen molar-refractivity contribution in [2.75, 3.05) is 18.5 Å². The Morgan fingerprint density at radius 3 is 2.77 bits per heavy atom. The molecule has 1 atom stereocenters. The van der Waals surface area contributed by atoms with Crippen LogP contribution in [-0.4, -0.2) is 19.1 Å². The summed E-state index contributed by atoms with van der Waals surface area (Å²) in [6, 6.07) is 14.6. The van der Waals surface area contributed by atoms with Crippen molar-refractivity contribution in [1.29, 1.82) is 0 Å². The molecule has 1 saturated heterocycles. The highest BCUT2D eigenvalue weighted by atomic mass is 35.5. The summed E-state index contributed by atoms with van der Waals surface area (Å²) in [5.41, 5.74) is 0.563. The average molecular weight is 318 g/mol. The minimum Gasteiger partial charge on any atom is -0.455 e. The molecule has 22 heavy (non-hydrogen) atoms. The van der Waals surface area contributed by atoms with E-state index in [2.05, 4.69) is 5.32 Å². The van der Waals surface area contributed by atoms with E-state index >= 15 is 0 Å². The molecule has 1 unspecified atom stereocenters. The Labute approximate surface area is 134 Å². The van der Waals surface area contributed by atoms with Crippen LogP contribution in [0.1, 0.15) is 6.42 Å². The summed E-state index contributed by atoms with van der Waals surface area (Å²) in [4.78, 5) is 12.2. The second-order valence-corrected chi connectivity index (χ2v) is 5.54. The molecule has 2 aromatic carbocycles. The van der Waals surface area contributed by atoms with Crippen LogP contribution < -0.4 is 10.1 Å². The Balaban J connectivity index is 1.79. The van der Waals surface area contributed by atoms with Crippen molar-refractivity contribution in [1.82, 2.24) is 0 Å². The van der Waals surface area contributed by atoms with Crippen molar-refractivity contribution in [2.45, 2.75) is 6.42 Å². The molecule has 0 saturated carbocycles. The first-order valence-electron chi connectivity index (χ1n) is 7.13. The van der Waals surface area contributed by atoms with Crippen LogP contribution in [0.2, 0.25) is 5.02 Å². The van der Waals surface area contributed by atoms with Crippen molar-refractivity contribution in [3.63, 3.8) is 0 Å². The Morgan fingerprint density at radius 2 is 2.05 bits per heavy atom. The SMILES string of the molecule is O=C(Nc1cc(Cl)ccc1Oc1ccccc1)C1CCOC1. The maximum Gasteiger partial charge on any atom is 0.230 e. The van der Waals surface area contributed by atoms with Gasteiger partial charge in [0.1, 0.15) is 5.75 Å². The summed E-state index contributed by atoms with van der Waals surface area (Å²) in [6.45, 7) is 1.09. The Morgan fingerprint density at radius 1 is 1.23 bits per heavy atom. The third-order valence-electron chi connectivity index (χ3n) is 3.47. The summed E-state index contributed by atoms with van der Waals surface area (Å²) in [5.74, 6) is 1.06. The van der Waals surface area contributed by atoms with Gasteiger partial charge in [-0.1, -0.05) is 29.8 Å². The van der Waals surface area contributed by atoms with Crippen molar-refractivity contribution in [2.24, 2.45) is 5.92 Å². The predicted molar refractivity (Wildman–Crippen MR) is 85.5 cm³/mol. The first-order valence-corrected chi connectivity index (χ1v) is 7.51. The van der Waals surface area contributed by atoms with Crippen molar-refractivity contribution < 1.29 is 14.3 Å². The van der Waals surface area contributed by atoms with Crippen LogP contribution in [0.4, 0.5) is 5.69 Å². The van der Waals surface area contributed by atoms with E-state index in [0.29, 0.717) is 35.4 Å². The van der Waals surface area contributed by atoms with Crippen LogP contribution >= 0.6 is 11.6 Å². The number of halogens is 1. The van der Waals surface area contributed by atoms with Gasteiger partial charge in [-0.3, -0.25) is 4.79 Å². The lowest BCUT2D eigenvalue weighted by atomic mass is 10.1. The zero-order valence-corrected chi connectivity index (χ0v) is 12.7. The van der Waals surface area contributed by atoms with Crippen LogP contribution in [0, 0.1) is 5.92 Å². The second-order valence-electron chi connectivity index (χ2n) is 5.11. The molecule has 0 aliphatic carbocycles. The lowest BCUT2D eigenvalue weighted by Gasteiger charge is -2.14. The summed E-state index contributed by atoms with van der Waals surface area (Å²) < 4.78 is 11.1. The van der Waals surface area contributed by atoms with Crippen LogP contribution in [-0.2, 0) is 9.53 Å². The van der Waals surface area contributed by atoms with Gasteiger partial charge in [0, 0.05) is 11.6 Å². The third-order valence-corrected chi connectivity index (χ3v) is 3.71. The quantitative estimate of drug-likeness (QED) is 0.923. The zero-order chi connectivity index (χ0) is 15.4. The van der Waals surface area contributed by atoms with E-state index in [1.165, 1.54) is 0 Å². The smallest absolute Gasteiger partial charge is 0.230 e. The molecule has 3 rings (SSSR count).